The van der Waals surface area contributed by atoms with Crippen molar-refractivity contribution in [1.82, 2.24) is 9.97 Å². The Morgan fingerprint density at radius 2 is 1.86 bits per heavy atom. The van der Waals surface area contributed by atoms with E-state index in [0.717, 1.165) is 12.2 Å². The van der Waals surface area contributed by atoms with Gasteiger partial charge in [0.1, 0.15) is 5.75 Å². The predicted molar refractivity (Wildman–Crippen MR) is 87.6 cm³/mol. The summed E-state index contributed by atoms with van der Waals surface area (Å²) in [5.41, 5.74) is 2.39. The summed E-state index contributed by atoms with van der Waals surface area (Å²) in [4.78, 5) is 8.47. The Hall–Kier alpha value is -2.10. The summed E-state index contributed by atoms with van der Waals surface area (Å²) < 4.78 is 10.9. The lowest BCUT2D eigenvalue weighted by atomic mass is 10.0. The molecule has 118 valence electrons. The van der Waals surface area contributed by atoms with Crippen LogP contribution in [0.3, 0.4) is 0 Å². The fourth-order valence-corrected chi connectivity index (χ4v) is 2.15. The third-order valence-corrected chi connectivity index (χ3v) is 3.76. The molecule has 0 saturated carbocycles. The van der Waals surface area contributed by atoms with E-state index in [0.29, 0.717) is 24.3 Å². The van der Waals surface area contributed by atoms with Crippen LogP contribution < -0.4 is 9.47 Å². The average molecular weight is 300 g/mol. The van der Waals surface area contributed by atoms with E-state index in [4.69, 9.17) is 9.47 Å². The maximum absolute atomic E-state index is 5.83. The maximum Gasteiger partial charge on any atom is 0.212 e. The normalized spacial score (nSPS) is 12.2. The third-order valence-electron chi connectivity index (χ3n) is 3.76. The Morgan fingerprint density at radius 3 is 2.50 bits per heavy atom. The first-order chi connectivity index (χ1) is 10.6. The molecule has 4 heteroatoms. The molecule has 0 aliphatic rings. The highest BCUT2D eigenvalue weighted by molar-refractivity contribution is 5.25. The fourth-order valence-electron chi connectivity index (χ4n) is 2.15. The molecule has 2 aromatic rings. The second-order valence-corrected chi connectivity index (χ2v) is 5.78. The van der Waals surface area contributed by atoms with E-state index < -0.39 is 0 Å². The van der Waals surface area contributed by atoms with Crippen LogP contribution in [0.5, 0.6) is 11.6 Å². The van der Waals surface area contributed by atoms with Crippen LogP contribution >= 0.6 is 0 Å². The summed E-state index contributed by atoms with van der Waals surface area (Å²) in [5.74, 6) is 2.33. The molecule has 2 aromatic heterocycles. The number of hydrogen-bond acceptors (Lipinski definition) is 4. The van der Waals surface area contributed by atoms with E-state index in [2.05, 4.69) is 42.9 Å². The van der Waals surface area contributed by atoms with E-state index in [1.54, 1.807) is 13.3 Å². The number of ether oxygens (including phenoxy) is 2. The van der Waals surface area contributed by atoms with Crippen LogP contribution in [0.25, 0.3) is 0 Å². The molecule has 0 N–H and O–H groups in total. The van der Waals surface area contributed by atoms with Gasteiger partial charge in [-0.15, -0.1) is 0 Å². The van der Waals surface area contributed by atoms with Gasteiger partial charge in [-0.05, 0) is 35.4 Å². The van der Waals surface area contributed by atoms with Gasteiger partial charge in [0.25, 0.3) is 0 Å². The molecule has 22 heavy (non-hydrogen) atoms. The van der Waals surface area contributed by atoms with E-state index in [1.165, 1.54) is 11.1 Å². The van der Waals surface area contributed by atoms with Crippen LogP contribution in [0.1, 0.15) is 50.2 Å². The highest BCUT2D eigenvalue weighted by Crippen LogP contribution is 2.22. The van der Waals surface area contributed by atoms with Gasteiger partial charge in [-0.25, -0.2) is 4.98 Å². The summed E-state index contributed by atoms with van der Waals surface area (Å²) in [6.45, 7) is 7.14. The molecule has 0 aromatic carbocycles. The van der Waals surface area contributed by atoms with Gasteiger partial charge in [-0.3, -0.25) is 4.98 Å². The van der Waals surface area contributed by atoms with Crippen molar-refractivity contribution < 1.29 is 9.47 Å². The molecule has 0 radical (unpaired) electrons. The van der Waals surface area contributed by atoms with E-state index in [-0.39, 0.29) is 0 Å². The first-order valence-electron chi connectivity index (χ1n) is 7.68. The predicted octanol–water partition coefficient (Wildman–Crippen LogP) is 4.18. The molecule has 2 heterocycles. The minimum atomic E-state index is 0.389. The fraction of sp³-hybridized carbons (Fsp3) is 0.444. The Kier molecular flexibility index (Phi) is 5.75. The highest BCUT2D eigenvalue weighted by Gasteiger charge is 2.08. The van der Waals surface area contributed by atoms with Crippen LogP contribution in [-0.4, -0.2) is 23.7 Å². The van der Waals surface area contributed by atoms with Crippen molar-refractivity contribution in [3.05, 3.63) is 47.9 Å². The summed E-state index contributed by atoms with van der Waals surface area (Å²) in [6, 6.07) is 6.01. The topological polar surface area (TPSA) is 44.2 Å². The Morgan fingerprint density at radius 1 is 1.05 bits per heavy atom. The van der Waals surface area contributed by atoms with Crippen LogP contribution in [0, 0.1) is 0 Å². The van der Waals surface area contributed by atoms with Crippen LogP contribution in [-0.2, 0) is 0 Å². The second kappa shape index (κ2) is 7.78. The number of aromatic nitrogens is 2. The molecule has 2 rings (SSSR count). The zero-order valence-corrected chi connectivity index (χ0v) is 13.7. The standard InChI is InChI=1S/C18H24N2O2/c1-13(2)16-9-17(12-19-10-16)22-8-7-14(3)15-5-6-18(21-4)20-11-15/h5-6,9-14H,7-8H2,1-4H3. The van der Waals surface area contributed by atoms with Crippen molar-refractivity contribution in [3.8, 4) is 11.6 Å². The Labute approximate surface area is 132 Å². The van der Waals surface area contributed by atoms with Crippen LogP contribution in [0.4, 0.5) is 0 Å². The smallest absolute Gasteiger partial charge is 0.212 e. The number of hydrogen-bond donors (Lipinski definition) is 0. The first-order valence-corrected chi connectivity index (χ1v) is 7.68. The van der Waals surface area contributed by atoms with Gasteiger partial charge in [0.15, 0.2) is 0 Å². The zero-order valence-electron chi connectivity index (χ0n) is 13.7. The lowest BCUT2D eigenvalue weighted by Gasteiger charge is -2.13. The van der Waals surface area contributed by atoms with Crippen molar-refractivity contribution >= 4 is 0 Å². The van der Waals surface area contributed by atoms with Crippen molar-refractivity contribution in [2.24, 2.45) is 0 Å². The molecule has 0 aliphatic heterocycles. The van der Waals surface area contributed by atoms with Gasteiger partial charge in [0.05, 0.1) is 19.9 Å². The van der Waals surface area contributed by atoms with Crippen molar-refractivity contribution in [3.63, 3.8) is 0 Å². The molecule has 0 fully saturated rings. The van der Waals surface area contributed by atoms with Gasteiger partial charge in [-0.2, -0.15) is 0 Å². The van der Waals surface area contributed by atoms with Crippen molar-refractivity contribution in [2.75, 3.05) is 13.7 Å². The second-order valence-electron chi connectivity index (χ2n) is 5.78. The molecule has 0 saturated heterocycles. The molecule has 1 atom stereocenters. The van der Waals surface area contributed by atoms with Gasteiger partial charge in [-0.1, -0.05) is 26.8 Å². The Balaban J connectivity index is 1.86. The monoisotopic (exact) mass is 300 g/mol. The summed E-state index contributed by atoms with van der Waals surface area (Å²) >= 11 is 0. The molecule has 0 spiro atoms. The molecular weight excluding hydrogens is 276 g/mol. The van der Waals surface area contributed by atoms with Crippen molar-refractivity contribution in [1.29, 1.82) is 0 Å². The number of pyridine rings is 2. The number of rotatable bonds is 7. The van der Waals surface area contributed by atoms with Gasteiger partial charge in [0, 0.05) is 18.5 Å². The molecule has 4 nitrogen and oxygen atoms in total. The number of nitrogens with zero attached hydrogens (tertiary/aromatic N) is 2. The molecule has 0 amide bonds. The lowest BCUT2D eigenvalue weighted by molar-refractivity contribution is 0.299. The van der Waals surface area contributed by atoms with E-state index in [9.17, 15) is 0 Å². The average Bonchev–Trinajstić information content (AvgIpc) is 2.55. The van der Waals surface area contributed by atoms with Crippen LogP contribution in [0.15, 0.2) is 36.8 Å². The minimum absolute atomic E-state index is 0.389. The summed E-state index contributed by atoms with van der Waals surface area (Å²) in [7, 11) is 1.62. The van der Waals surface area contributed by atoms with E-state index in [1.807, 2.05) is 18.5 Å². The van der Waals surface area contributed by atoms with Gasteiger partial charge < -0.3 is 9.47 Å². The lowest BCUT2D eigenvalue weighted by Crippen LogP contribution is -2.04. The minimum Gasteiger partial charge on any atom is -0.492 e. The highest BCUT2D eigenvalue weighted by atomic mass is 16.5. The molecule has 0 aliphatic carbocycles. The maximum atomic E-state index is 5.83. The van der Waals surface area contributed by atoms with Crippen molar-refractivity contribution in [2.45, 2.75) is 39.0 Å². The quantitative estimate of drug-likeness (QED) is 0.769. The van der Waals surface area contributed by atoms with Crippen LogP contribution in [0.2, 0.25) is 0 Å². The summed E-state index contributed by atoms with van der Waals surface area (Å²) in [6.07, 6.45) is 6.46. The number of methoxy groups -OCH3 is 1. The SMILES string of the molecule is COc1ccc(C(C)CCOc2cncc(C(C)C)c2)cn1. The third kappa shape index (κ3) is 4.45. The summed E-state index contributed by atoms with van der Waals surface area (Å²) in [5, 5.41) is 0. The van der Waals surface area contributed by atoms with E-state index >= 15 is 0 Å². The zero-order chi connectivity index (χ0) is 15.9. The molecule has 0 bridgehead atoms. The largest absolute Gasteiger partial charge is 0.492 e. The first kappa shape index (κ1) is 16.3. The van der Waals surface area contributed by atoms with Gasteiger partial charge >= 0.3 is 0 Å². The van der Waals surface area contributed by atoms with Gasteiger partial charge in [0.2, 0.25) is 5.88 Å². The molecule has 1 unspecified atom stereocenters. The molecular formula is C18H24N2O2. The Bertz CT molecular complexity index is 582.